The Morgan fingerprint density at radius 1 is 1.39 bits per heavy atom. The van der Waals surface area contributed by atoms with Gasteiger partial charge in [0.15, 0.2) is 0 Å². The van der Waals surface area contributed by atoms with Crippen molar-refractivity contribution in [2.45, 2.75) is 32.5 Å². The minimum atomic E-state index is -0.781. The fourth-order valence-electron chi connectivity index (χ4n) is 2.14. The number of hydrogen-bond acceptors (Lipinski definition) is 4. The molecule has 1 amide bonds. The molecule has 0 aromatic rings. The Bertz CT molecular complexity index is 325. The molecule has 0 aliphatic carbocycles. The molecule has 18 heavy (non-hydrogen) atoms. The van der Waals surface area contributed by atoms with Crippen molar-refractivity contribution in [3.63, 3.8) is 0 Å². The van der Waals surface area contributed by atoms with E-state index in [1.165, 1.54) is 0 Å². The highest BCUT2D eigenvalue weighted by Gasteiger charge is 2.43. The van der Waals surface area contributed by atoms with Crippen LogP contribution in [0.15, 0.2) is 0 Å². The molecule has 1 aliphatic rings. The monoisotopic (exact) mass is 274 g/mol. The van der Waals surface area contributed by atoms with Crippen molar-refractivity contribution in [1.82, 2.24) is 4.90 Å². The normalized spacial score (nSPS) is 27.0. The average Bonchev–Trinajstić information content (AvgIpc) is 2.79. The summed E-state index contributed by atoms with van der Waals surface area (Å²) in [6.45, 7) is 4.74. The van der Waals surface area contributed by atoms with Crippen LogP contribution in [0.1, 0.15) is 20.3 Å². The van der Waals surface area contributed by atoms with Crippen LogP contribution >= 0.6 is 12.2 Å². The van der Waals surface area contributed by atoms with E-state index in [-0.39, 0.29) is 23.1 Å². The van der Waals surface area contributed by atoms with Gasteiger partial charge in [-0.25, -0.2) is 0 Å². The SMILES string of the molecule is CCC(C)(C(=O)N1CC(OC)C(OC)C1)C(N)=S. The molecule has 6 heteroatoms. The number of methoxy groups -OCH3 is 2. The molecule has 104 valence electrons. The largest absolute Gasteiger partial charge is 0.392 e. The first-order chi connectivity index (χ1) is 8.40. The first-order valence-corrected chi connectivity index (χ1v) is 6.46. The van der Waals surface area contributed by atoms with E-state index in [1.807, 2.05) is 6.92 Å². The van der Waals surface area contributed by atoms with Gasteiger partial charge in [-0.05, 0) is 13.3 Å². The highest BCUT2D eigenvalue weighted by molar-refractivity contribution is 7.80. The maximum absolute atomic E-state index is 12.5. The Morgan fingerprint density at radius 2 is 1.83 bits per heavy atom. The molecule has 3 unspecified atom stereocenters. The predicted molar refractivity (Wildman–Crippen MR) is 73.4 cm³/mol. The van der Waals surface area contributed by atoms with Gasteiger partial charge in [0.1, 0.15) is 12.2 Å². The molecule has 0 bridgehead atoms. The van der Waals surface area contributed by atoms with E-state index >= 15 is 0 Å². The van der Waals surface area contributed by atoms with Crippen molar-refractivity contribution in [2.24, 2.45) is 11.1 Å². The summed E-state index contributed by atoms with van der Waals surface area (Å²) in [5.41, 5.74) is 4.92. The first-order valence-electron chi connectivity index (χ1n) is 6.05. The highest BCUT2D eigenvalue weighted by atomic mass is 32.1. The lowest BCUT2D eigenvalue weighted by Crippen LogP contribution is -2.48. The van der Waals surface area contributed by atoms with E-state index in [4.69, 9.17) is 27.4 Å². The number of carbonyl (C=O) groups is 1. The summed E-state index contributed by atoms with van der Waals surface area (Å²) in [4.78, 5) is 14.5. The number of nitrogens with two attached hydrogens (primary N) is 1. The second-order valence-corrected chi connectivity index (χ2v) is 5.25. The number of carbonyl (C=O) groups excluding carboxylic acids is 1. The van der Waals surface area contributed by atoms with Gasteiger partial charge in [0.25, 0.3) is 0 Å². The van der Waals surface area contributed by atoms with Crippen molar-refractivity contribution in [1.29, 1.82) is 0 Å². The van der Waals surface area contributed by atoms with E-state index < -0.39 is 5.41 Å². The number of rotatable bonds is 5. The maximum atomic E-state index is 12.5. The molecule has 0 spiro atoms. The fourth-order valence-corrected chi connectivity index (χ4v) is 2.37. The lowest BCUT2D eigenvalue weighted by Gasteiger charge is -2.30. The molecule has 2 N–H and O–H groups in total. The van der Waals surface area contributed by atoms with E-state index in [2.05, 4.69) is 0 Å². The molecule has 0 aromatic heterocycles. The number of thiocarbonyl (C=S) groups is 1. The number of nitrogens with zero attached hydrogens (tertiary/aromatic N) is 1. The summed E-state index contributed by atoms with van der Waals surface area (Å²) in [5.74, 6) is -0.0425. The first kappa shape index (κ1) is 15.3. The van der Waals surface area contributed by atoms with Gasteiger partial charge in [-0.1, -0.05) is 19.1 Å². The molecule has 5 nitrogen and oxygen atoms in total. The summed E-state index contributed by atoms with van der Waals surface area (Å²) >= 11 is 5.02. The molecule has 1 aliphatic heterocycles. The molecule has 1 saturated heterocycles. The molecule has 3 atom stereocenters. The minimum Gasteiger partial charge on any atom is -0.392 e. The van der Waals surface area contributed by atoms with Crippen LogP contribution < -0.4 is 5.73 Å². The van der Waals surface area contributed by atoms with Crippen LogP contribution in [-0.4, -0.2) is 55.3 Å². The Balaban J connectivity index is 2.83. The van der Waals surface area contributed by atoms with Gasteiger partial charge in [-0.15, -0.1) is 0 Å². The van der Waals surface area contributed by atoms with Crippen molar-refractivity contribution in [3.8, 4) is 0 Å². The van der Waals surface area contributed by atoms with Gasteiger partial charge >= 0.3 is 0 Å². The molecular weight excluding hydrogens is 252 g/mol. The molecular formula is C12H22N2O3S. The Morgan fingerprint density at radius 3 is 2.11 bits per heavy atom. The van der Waals surface area contributed by atoms with Crippen LogP contribution in [-0.2, 0) is 14.3 Å². The molecule has 0 radical (unpaired) electrons. The van der Waals surface area contributed by atoms with Gasteiger partial charge < -0.3 is 20.1 Å². The summed E-state index contributed by atoms with van der Waals surface area (Å²) in [6, 6.07) is 0. The third-order valence-corrected chi connectivity index (χ3v) is 4.28. The van der Waals surface area contributed by atoms with Crippen LogP contribution in [0.3, 0.4) is 0 Å². The zero-order valence-electron chi connectivity index (χ0n) is 11.4. The quantitative estimate of drug-likeness (QED) is 0.742. The molecule has 0 aromatic carbocycles. The standard InChI is InChI=1S/C12H22N2O3S/c1-5-12(2,10(13)18)11(15)14-6-8(16-3)9(7-14)17-4/h8-9H,5-7H2,1-4H3,(H2,13,18). The molecule has 1 heterocycles. The third-order valence-electron chi connectivity index (χ3n) is 3.83. The summed E-state index contributed by atoms with van der Waals surface area (Å²) in [6.07, 6.45) is 0.408. The maximum Gasteiger partial charge on any atom is 0.235 e. The topological polar surface area (TPSA) is 64.8 Å². The van der Waals surface area contributed by atoms with E-state index in [9.17, 15) is 4.79 Å². The van der Waals surface area contributed by atoms with Gasteiger partial charge in [-0.3, -0.25) is 4.79 Å². The lowest BCUT2D eigenvalue weighted by molar-refractivity contribution is -0.137. The highest BCUT2D eigenvalue weighted by Crippen LogP contribution is 2.28. The number of amides is 1. The van der Waals surface area contributed by atoms with E-state index in [1.54, 1.807) is 26.0 Å². The molecule has 1 fully saturated rings. The van der Waals surface area contributed by atoms with E-state index in [0.29, 0.717) is 19.5 Å². The van der Waals surface area contributed by atoms with Crippen LogP contribution in [0.25, 0.3) is 0 Å². The third kappa shape index (κ3) is 2.65. The molecule has 1 rings (SSSR count). The summed E-state index contributed by atoms with van der Waals surface area (Å²) in [5, 5.41) is 0. The number of hydrogen-bond donors (Lipinski definition) is 1. The van der Waals surface area contributed by atoms with Crippen LogP contribution in [0.5, 0.6) is 0 Å². The van der Waals surface area contributed by atoms with Crippen molar-refractivity contribution < 1.29 is 14.3 Å². The molecule has 0 saturated carbocycles. The van der Waals surface area contributed by atoms with Crippen LogP contribution in [0.2, 0.25) is 0 Å². The van der Waals surface area contributed by atoms with Gasteiger partial charge in [-0.2, -0.15) is 0 Å². The van der Waals surface area contributed by atoms with Gasteiger partial charge in [0.05, 0.1) is 10.4 Å². The average molecular weight is 274 g/mol. The summed E-state index contributed by atoms with van der Waals surface area (Å²) < 4.78 is 10.6. The second kappa shape index (κ2) is 5.95. The number of likely N-dealkylation sites (tertiary alicyclic amines) is 1. The van der Waals surface area contributed by atoms with Crippen molar-refractivity contribution in [2.75, 3.05) is 27.3 Å². The van der Waals surface area contributed by atoms with Crippen LogP contribution in [0, 0.1) is 5.41 Å². The smallest absolute Gasteiger partial charge is 0.235 e. The van der Waals surface area contributed by atoms with Crippen LogP contribution in [0.4, 0.5) is 0 Å². The predicted octanol–water partition coefficient (Wildman–Crippen LogP) is 0.561. The second-order valence-electron chi connectivity index (χ2n) is 4.81. The van der Waals surface area contributed by atoms with Gasteiger partial charge in [0.2, 0.25) is 5.91 Å². The van der Waals surface area contributed by atoms with Crippen molar-refractivity contribution in [3.05, 3.63) is 0 Å². The number of ether oxygens (including phenoxy) is 2. The Hall–Kier alpha value is -0.720. The summed E-state index contributed by atoms with van der Waals surface area (Å²) in [7, 11) is 3.24. The Kier molecular flexibility index (Phi) is 5.07. The van der Waals surface area contributed by atoms with Crippen molar-refractivity contribution >= 4 is 23.1 Å². The zero-order chi connectivity index (χ0) is 13.9. The lowest BCUT2D eigenvalue weighted by atomic mass is 9.86. The van der Waals surface area contributed by atoms with E-state index in [0.717, 1.165) is 0 Å². The van der Waals surface area contributed by atoms with Gasteiger partial charge in [0, 0.05) is 27.3 Å². The Labute approximate surface area is 114 Å². The fraction of sp³-hybridized carbons (Fsp3) is 0.833. The minimum absolute atomic E-state index is 0.0425. The zero-order valence-corrected chi connectivity index (χ0v) is 12.3.